The molecule has 4 nitrogen and oxygen atoms in total. The third kappa shape index (κ3) is 2.42. The molecule has 68 valence electrons. The Kier molecular flexibility index (Phi) is 3.23. The molecule has 0 bridgehead atoms. The van der Waals surface area contributed by atoms with Crippen LogP contribution in [0.3, 0.4) is 0 Å². The Morgan fingerprint density at radius 2 is 2.46 bits per heavy atom. The van der Waals surface area contributed by atoms with E-state index < -0.39 is 6.10 Å². The van der Waals surface area contributed by atoms with Crippen LogP contribution in [0.25, 0.3) is 0 Å². The Hall–Kier alpha value is -1.60. The van der Waals surface area contributed by atoms with Crippen LogP contribution in [0.1, 0.15) is 18.1 Å². The molecular weight excluding hydrogens is 168 g/mol. The topological polar surface area (TPSA) is 66.1 Å². The van der Waals surface area contributed by atoms with Gasteiger partial charge in [-0.3, -0.25) is 4.98 Å². The van der Waals surface area contributed by atoms with Gasteiger partial charge in [-0.1, -0.05) is 0 Å². The van der Waals surface area contributed by atoms with Crippen LogP contribution in [0.4, 0.5) is 0 Å². The third-order valence-corrected chi connectivity index (χ3v) is 1.64. The number of hydrogen-bond donors (Lipinski definition) is 1. The molecule has 1 aromatic rings. The number of aliphatic hydroxyl groups excluding tert-OH is 1. The SMILES string of the molecule is COc1cncc(C(O)CC#N)c1. The smallest absolute Gasteiger partial charge is 0.137 e. The molecule has 1 aromatic heterocycles. The summed E-state index contributed by atoms with van der Waals surface area (Å²) in [6.07, 6.45) is 2.34. The summed E-state index contributed by atoms with van der Waals surface area (Å²) in [6, 6.07) is 3.55. The molecule has 0 aliphatic rings. The average molecular weight is 178 g/mol. The van der Waals surface area contributed by atoms with Crippen molar-refractivity contribution < 1.29 is 9.84 Å². The van der Waals surface area contributed by atoms with Crippen LogP contribution in [-0.4, -0.2) is 17.2 Å². The van der Waals surface area contributed by atoms with Crippen LogP contribution in [-0.2, 0) is 0 Å². The number of rotatable bonds is 3. The highest BCUT2D eigenvalue weighted by Crippen LogP contribution is 2.19. The molecule has 0 saturated heterocycles. The maximum absolute atomic E-state index is 9.42. The Morgan fingerprint density at radius 3 is 3.08 bits per heavy atom. The minimum absolute atomic E-state index is 0.0643. The minimum Gasteiger partial charge on any atom is -0.495 e. The van der Waals surface area contributed by atoms with Gasteiger partial charge in [-0.2, -0.15) is 5.26 Å². The van der Waals surface area contributed by atoms with Gasteiger partial charge in [-0.15, -0.1) is 0 Å². The zero-order valence-corrected chi connectivity index (χ0v) is 7.27. The predicted octanol–water partition coefficient (Wildman–Crippen LogP) is 1.04. The van der Waals surface area contributed by atoms with E-state index >= 15 is 0 Å². The van der Waals surface area contributed by atoms with Crippen molar-refractivity contribution >= 4 is 0 Å². The molecule has 0 amide bonds. The van der Waals surface area contributed by atoms with Crippen molar-refractivity contribution in [3.63, 3.8) is 0 Å². The van der Waals surface area contributed by atoms with E-state index in [1.807, 2.05) is 6.07 Å². The van der Waals surface area contributed by atoms with Crippen LogP contribution in [0.5, 0.6) is 5.75 Å². The maximum Gasteiger partial charge on any atom is 0.137 e. The Bertz CT molecular complexity index is 320. The Balaban J connectivity index is 2.83. The molecule has 1 rings (SSSR count). The minimum atomic E-state index is -0.785. The van der Waals surface area contributed by atoms with Gasteiger partial charge in [0, 0.05) is 11.8 Å². The predicted molar refractivity (Wildman–Crippen MR) is 46.0 cm³/mol. The Morgan fingerprint density at radius 1 is 1.69 bits per heavy atom. The highest BCUT2D eigenvalue weighted by molar-refractivity contribution is 5.25. The van der Waals surface area contributed by atoms with Gasteiger partial charge < -0.3 is 9.84 Å². The summed E-state index contributed by atoms with van der Waals surface area (Å²) in [5.74, 6) is 0.578. The van der Waals surface area contributed by atoms with E-state index in [-0.39, 0.29) is 6.42 Å². The first kappa shape index (κ1) is 9.49. The van der Waals surface area contributed by atoms with Crippen LogP contribution < -0.4 is 4.74 Å². The number of hydrogen-bond acceptors (Lipinski definition) is 4. The summed E-state index contributed by atoms with van der Waals surface area (Å²) in [7, 11) is 1.53. The zero-order chi connectivity index (χ0) is 9.68. The van der Waals surface area contributed by atoms with Crippen LogP contribution in [0, 0.1) is 11.3 Å². The molecule has 1 unspecified atom stereocenters. The van der Waals surface area contributed by atoms with E-state index in [1.54, 1.807) is 12.3 Å². The number of ether oxygens (including phenoxy) is 1. The highest BCUT2D eigenvalue weighted by Gasteiger charge is 2.07. The summed E-state index contributed by atoms with van der Waals surface area (Å²) < 4.78 is 4.93. The summed E-state index contributed by atoms with van der Waals surface area (Å²) in [5.41, 5.74) is 0.598. The molecule has 0 saturated carbocycles. The number of aliphatic hydroxyl groups is 1. The molecule has 0 aliphatic carbocycles. The van der Waals surface area contributed by atoms with E-state index in [9.17, 15) is 5.11 Å². The van der Waals surface area contributed by atoms with Gasteiger partial charge in [0.15, 0.2) is 0 Å². The van der Waals surface area contributed by atoms with E-state index in [2.05, 4.69) is 4.98 Å². The van der Waals surface area contributed by atoms with Gasteiger partial charge in [0.1, 0.15) is 5.75 Å². The van der Waals surface area contributed by atoms with E-state index in [4.69, 9.17) is 10.00 Å². The van der Waals surface area contributed by atoms with E-state index in [0.29, 0.717) is 11.3 Å². The average Bonchev–Trinajstić information content (AvgIpc) is 2.18. The molecule has 4 heteroatoms. The quantitative estimate of drug-likeness (QED) is 0.750. The molecule has 0 aromatic carbocycles. The van der Waals surface area contributed by atoms with E-state index in [0.717, 1.165) is 0 Å². The fourth-order valence-corrected chi connectivity index (χ4v) is 0.934. The van der Waals surface area contributed by atoms with Crippen molar-refractivity contribution in [2.45, 2.75) is 12.5 Å². The van der Waals surface area contributed by atoms with Crippen molar-refractivity contribution in [1.82, 2.24) is 4.98 Å². The fraction of sp³-hybridized carbons (Fsp3) is 0.333. The lowest BCUT2D eigenvalue weighted by Gasteiger charge is -2.07. The number of aromatic nitrogens is 1. The number of nitrogens with zero attached hydrogens (tertiary/aromatic N) is 2. The van der Waals surface area contributed by atoms with Crippen LogP contribution in [0.15, 0.2) is 18.5 Å². The van der Waals surface area contributed by atoms with Gasteiger partial charge in [-0.05, 0) is 6.07 Å². The van der Waals surface area contributed by atoms with Crippen LogP contribution in [0.2, 0.25) is 0 Å². The van der Waals surface area contributed by atoms with E-state index in [1.165, 1.54) is 13.3 Å². The largest absolute Gasteiger partial charge is 0.495 e. The summed E-state index contributed by atoms with van der Waals surface area (Å²) in [4.78, 5) is 3.86. The Labute approximate surface area is 76.4 Å². The normalized spacial score (nSPS) is 11.8. The lowest BCUT2D eigenvalue weighted by molar-refractivity contribution is 0.182. The van der Waals surface area contributed by atoms with Crippen LogP contribution >= 0.6 is 0 Å². The first-order chi connectivity index (χ1) is 6.27. The van der Waals surface area contributed by atoms with Gasteiger partial charge >= 0.3 is 0 Å². The highest BCUT2D eigenvalue weighted by atomic mass is 16.5. The number of methoxy groups -OCH3 is 1. The number of nitriles is 1. The summed E-state index contributed by atoms with van der Waals surface area (Å²) in [6.45, 7) is 0. The van der Waals surface area contributed by atoms with Gasteiger partial charge in [0.2, 0.25) is 0 Å². The molecule has 1 heterocycles. The second kappa shape index (κ2) is 4.43. The van der Waals surface area contributed by atoms with Gasteiger partial charge in [0.25, 0.3) is 0 Å². The van der Waals surface area contributed by atoms with Crippen molar-refractivity contribution in [3.8, 4) is 11.8 Å². The van der Waals surface area contributed by atoms with Crippen molar-refractivity contribution in [2.75, 3.05) is 7.11 Å². The second-order valence-corrected chi connectivity index (χ2v) is 2.54. The fourth-order valence-electron chi connectivity index (χ4n) is 0.934. The molecule has 0 fully saturated rings. The number of pyridine rings is 1. The molecular formula is C9H10N2O2. The summed E-state index contributed by atoms with van der Waals surface area (Å²) in [5, 5.41) is 17.8. The van der Waals surface area contributed by atoms with Crippen molar-refractivity contribution in [2.24, 2.45) is 0 Å². The standard InChI is InChI=1S/C9H10N2O2/c1-13-8-4-7(5-11-6-8)9(12)2-3-10/h4-6,9,12H,2H2,1H3. The lowest BCUT2D eigenvalue weighted by Crippen LogP contribution is -1.97. The van der Waals surface area contributed by atoms with Gasteiger partial charge in [0.05, 0.1) is 31.9 Å². The molecule has 0 aliphatic heterocycles. The van der Waals surface area contributed by atoms with Gasteiger partial charge in [-0.25, -0.2) is 0 Å². The molecule has 1 N–H and O–H groups in total. The van der Waals surface area contributed by atoms with Crippen molar-refractivity contribution in [3.05, 3.63) is 24.0 Å². The van der Waals surface area contributed by atoms with Crippen molar-refractivity contribution in [1.29, 1.82) is 5.26 Å². The first-order valence-corrected chi connectivity index (χ1v) is 3.82. The maximum atomic E-state index is 9.42. The lowest BCUT2D eigenvalue weighted by atomic mass is 10.1. The molecule has 13 heavy (non-hydrogen) atoms. The molecule has 0 radical (unpaired) electrons. The second-order valence-electron chi connectivity index (χ2n) is 2.54. The first-order valence-electron chi connectivity index (χ1n) is 3.82. The third-order valence-electron chi connectivity index (χ3n) is 1.64. The molecule has 1 atom stereocenters. The monoisotopic (exact) mass is 178 g/mol. The molecule has 0 spiro atoms. The zero-order valence-electron chi connectivity index (χ0n) is 7.27. The summed E-state index contributed by atoms with van der Waals surface area (Å²) >= 11 is 0.